The molecule has 17 heavy (non-hydrogen) atoms. The highest BCUT2D eigenvalue weighted by atomic mass is 35.5. The first-order valence-electron chi connectivity index (χ1n) is 5.87. The summed E-state index contributed by atoms with van der Waals surface area (Å²) in [6, 6.07) is 1.82. The Morgan fingerprint density at radius 3 is 3.24 bits per heavy atom. The summed E-state index contributed by atoms with van der Waals surface area (Å²) >= 11 is 5.90. The standard InChI is InChI=1S/C11H15ClN4O/c1-2-11-4-7(17)5-16(11)8-3-9(12)14-15-10(8)13-6-11/h3,7,17H,2,4-6H2,1H3,(H,13,15)/t7-,11-/m0/s1. The summed E-state index contributed by atoms with van der Waals surface area (Å²) < 4.78 is 0. The maximum Gasteiger partial charge on any atom is 0.172 e. The van der Waals surface area contributed by atoms with E-state index in [0.29, 0.717) is 11.7 Å². The van der Waals surface area contributed by atoms with Crippen LogP contribution in [-0.4, -0.2) is 40.0 Å². The van der Waals surface area contributed by atoms with Gasteiger partial charge >= 0.3 is 0 Å². The molecule has 3 rings (SSSR count). The van der Waals surface area contributed by atoms with Crippen LogP contribution in [0.15, 0.2) is 6.07 Å². The van der Waals surface area contributed by atoms with Crippen molar-refractivity contribution in [1.29, 1.82) is 0 Å². The molecule has 1 aromatic heterocycles. The molecule has 0 radical (unpaired) electrons. The molecule has 6 heteroatoms. The fourth-order valence-corrected chi connectivity index (χ4v) is 3.08. The third kappa shape index (κ3) is 1.57. The van der Waals surface area contributed by atoms with Crippen LogP contribution in [0.2, 0.25) is 5.15 Å². The van der Waals surface area contributed by atoms with Gasteiger partial charge in [0.05, 0.1) is 17.3 Å². The van der Waals surface area contributed by atoms with Crippen molar-refractivity contribution in [3.05, 3.63) is 11.2 Å². The molecule has 1 saturated heterocycles. The summed E-state index contributed by atoms with van der Waals surface area (Å²) in [6.07, 6.45) is 1.49. The Morgan fingerprint density at radius 1 is 1.65 bits per heavy atom. The third-order valence-corrected chi connectivity index (χ3v) is 4.04. The molecule has 2 aliphatic rings. The van der Waals surface area contributed by atoms with Crippen molar-refractivity contribution in [3.8, 4) is 0 Å². The second-order valence-corrected chi connectivity index (χ2v) is 5.19. The molecule has 0 aliphatic carbocycles. The maximum atomic E-state index is 9.91. The Balaban J connectivity index is 2.08. The molecule has 0 unspecified atom stereocenters. The van der Waals surface area contributed by atoms with Gasteiger partial charge in [-0.25, -0.2) is 0 Å². The quantitative estimate of drug-likeness (QED) is 0.791. The number of aliphatic hydroxyl groups is 1. The van der Waals surface area contributed by atoms with Crippen molar-refractivity contribution in [2.45, 2.75) is 31.4 Å². The number of halogens is 1. The molecule has 0 spiro atoms. The monoisotopic (exact) mass is 254 g/mol. The first-order chi connectivity index (χ1) is 8.14. The highest BCUT2D eigenvalue weighted by Crippen LogP contribution is 2.43. The van der Waals surface area contributed by atoms with Crippen LogP contribution < -0.4 is 10.2 Å². The van der Waals surface area contributed by atoms with Gasteiger partial charge in [0.15, 0.2) is 11.0 Å². The van der Waals surface area contributed by atoms with E-state index in [2.05, 4.69) is 27.3 Å². The Bertz CT molecular complexity index is 455. The molecule has 0 amide bonds. The summed E-state index contributed by atoms with van der Waals surface area (Å²) in [5, 5.41) is 21.5. The predicted molar refractivity (Wildman–Crippen MR) is 66.5 cm³/mol. The summed E-state index contributed by atoms with van der Waals surface area (Å²) in [7, 11) is 0. The molecule has 92 valence electrons. The van der Waals surface area contributed by atoms with Gasteiger partial charge in [0, 0.05) is 19.2 Å². The zero-order chi connectivity index (χ0) is 12.0. The highest BCUT2D eigenvalue weighted by Gasteiger charge is 2.47. The topological polar surface area (TPSA) is 61.3 Å². The lowest BCUT2D eigenvalue weighted by Gasteiger charge is -2.43. The molecule has 2 N–H and O–H groups in total. The molecule has 2 atom stereocenters. The minimum Gasteiger partial charge on any atom is -0.391 e. The molecule has 0 aromatic carbocycles. The smallest absolute Gasteiger partial charge is 0.172 e. The lowest BCUT2D eigenvalue weighted by atomic mass is 9.90. The highest BCUT2D eigenvalue weighted by molar-refractivity contribution is 6.29. The van der Waals surface area contributed by atoms with Crippen LogP contribution in [-0.2, 0) is 0 Å². The minimum absolute atomic E-state index is 0.0151. The van der Waals surface area contributed by atoms with Gasteiger partial charge in [-0.2, -0.15) is 0 Å². The predicted octanol–water partition coefficient (Wildman–Crippen LogP) is 1.28. The zero-order valence-electron chi connectivity index (χ0n) is 9.65. The lowest BCUT2D eigenvalue weighted by molar-refractivity contribution is 0.184. The van der Waals surface area contributed by atoms with Gasteiger partial charge in [0.25, 0.3) is 0 Å². The van der Waals surface area contributed by atoms with Crippen molar-refractivity contribution in [1.82, 2.24) is 10.2 Å². The number of anilines is 2. The molecule has 2 aliphatic heterocycles. The summed E-state index contributed by atoms with van der Waals surface area (Å²) in [5.41, 5.74) is 0.938. The van der Waals surface area contributed by atoms with Crippen molar-refractivity contribution >= 4 is 23.1 Å². The van der Waals surface area contributed by atoms with Crippen LogP contribution in [0.25, 0.3) is 0 Å². The molecule has 3 heterocycles. The van der Waals surface area contributed by atoms with E-state index in [1.54, 1.807) is 0 Å². The number of rotatable bonds is 1. The van der Waals surface area contributed by atoms with Gasteiger partial charge in [-0.15, -0.1) is 10.2 Å². The van der Waals surface area contributed by atoms with E-state index >= 15 is 0 Å². The maximum absolute atomic E-state index is 9.91. The Hall–Kier alpha value is -1.07. The minimum atomic E-state index is -0.283. The van der Waals surface area contributed by atoms with E-state index in [9.17, 15) is 5.11 Å². The Kier molecular flexibility index (Phi) is 2.41. The van der Waals surface area contributed by atoms with Crippen molar-refractivity contribution in [2.75, 3.05) is 23.3 Å². The normalized spacial score (nSPS) is 30.8. The number of fused-ring (bicyclic) bond motifs is 3. The van der Waals surface area contributed by atoms with Crippen LogP contribution >= 0.6 is 11.6 Å². The number of β-amino-alcohol motifs (C(OH)–C–C–N with tert-alkyl or cyclic N) is 1. The Labute approximate surface area is 105 Å². The average molecular weight is 255 g/mol. The van der Waals surface area contributed by atoms with Gasteiger partial charge in [-0.3, -0.25) is 0 Å². The van der Waals surface area contributed by atoms with Crippen molar-refractivity contribution in [2.24, 2.45) is 0 Å². The summed E-state index contributed by atoms with van der Waals surface area (Å²) in [4.78, 5) is 2.23. The van der Waals surface area contributed by atoms with Crippen LogP contribution in [0.1, 0.15) is 19.8 Å². The SMILES string of the molecule is CC[C@]12CNc3nnc(Cl)cc3N1C[C@@H](O)C2. The average Bonchev–Trinajstić information content (AvgIpc) is 2.66. The second-order valence-electron chi connectivity index (χ2n) is 4.80. The van der Waals surface area contributed by atoms with Crippen molar-refractivity contribution in [3.63, 3.8) is 0 Å². The van der Waals surface area contributed by atoms with E-state index in [4.69, 9.17) is 11.6 Å². The van der Waals surface area contributed by atoms with Crippen LogP contribution in [0.4, 0.5) is 11.5 Å². The largest absolute Gasteiger partial charge is 0.391 e. The lowest BCUT2D eigenvalue weighted by Crippen LogP contribution is -2.52. The van der Waals surface area contributed by atoms with Crippen molar-refractivity contribution < 1.29 is 5.11 Å². The fraction of sp³-hybridized carbons (Fsp3) is 0.636. The molecular weight excluding hydrogens is 240 g/mol. The molecule has 1 aromatic rings. The summed E-state index contributed by atoms with van der Waals surface area (Å²) in [6.45, 7) is 3.59. The van der Waals surface area contributed by atoms with E-state index in [0.717, 1.165) is 30.9 Å². The molecule has 5 nitrogen and oxygen atoms in total. The number of hydrogen-bond donors (Lipinski definition) is 2. The number of hydrogen-bond acceptors (Lipinski definition) is 5. The van der Waals surface area contributed by atoms with Crippen LogP contribution in [0.5, 0.6) is 0 Å². The molecule has 1 fully saturated rings. The number of aliphatic hydroxyl groups excluding tert-OH is 1. The van der Waals surface area contributed by atoms with Gasteiger partial charge in [0.2, 0.25) is 0 Å². The first-order valence-corrected chi connectivity index (χ1v) is 6.25. The number of aromatic nitrogens is 2. The first kappa shape index (κ1) is 11.0. The van der Waals surface area contributed by atoms with E-state index in [-0.39, 0.29) is 11.6 Å². The Morgan fingerprint density at radius 2 is 2.47 bits per heavy atom. The van der Waals surface area contributed by atoms with Gasteiger partial charge < -0.3 is 15.3 Å². The molecular formula is C11H15ClN4O. The molecule has 0 bridgehead atoms. The van der Waals surface area contributed by atoms with E-state index < -0.39 is 0 Å². The number of nitrogens with zero attached hydrogens (tertiary/aromatic N) is 3. The molecule has 0 saturated carbocycles. The number of nitrogens with one attached hydrogen (secondary N) is 1. The van der Waals surface area contributed by atoms with E-state index in [1.165, 1.54) is 0 Å². The summed E-state index contributed by atoms with van der Waals surface area (Å²) in [5.74, 6) is 0.757. The van der Waals surface area contributed by atoms with Gasteiger partial charge in [-0.1, -0.05) is 18.5 Å². The van der Waals surface area contributed by atoms with Gasteiger partial charge in [0.1, 0.15) is 0 Å². The van der Waals surface area contributed by atoms with Gasteiger partial charge in [-0.05, 0) is 12.8 Å². The fourth-order valence-electron chi connectivity index (χ4n) is 2.94. The van der Waals surface area contributed by atoms with E-state index in [1.807, 2.05) is 6.07 Å². The van der Waals surface area contributed by atoms with Crippen LogP contribution in [0, 0.1) is 0 Å². The zero-order valence-corrected chi connectivity index (χ0v) is 10.4. The van der Waals surface area contributed by atoms with Crippen LogP contribution in [0.3, 0.4) is 0 Å². The second kappa shape index (κ2) is 3.71. The third-order valence-electron chi connectivity index (χ3n) is 3.86.